The number of rotatable bonds is 3. The summed E-state index contributed by atoms with van der Waals surface area (Å²) in [6.07, 6.45) is 5.74. The Bertz CT molecular complexity index is 323. The van der Waals surface area contributed by atoms with Crippen LogP contribution < -0.4 is 5.32 Å². The van der Waals surface area contributed by atoms with Crippen molar-refractivity contribution in [1.82, 2.24) is 10.2 Å². The molecule has 1 aliphatic carbocycles. The normalized spacial score (nSPS) is 30.0. The van der Waals surface area contributed by atoms with E-state index in [9.17, 15) is 9.59 Å². The van der Waals surface area contributed by atoms with Crippen LogP contribution in [0.25, 0.3) is 0 Å². The first-order chi connectivity index (χ1) is 8.08. The molecule has 1 saturated heterocycles. The molecule has 2 aliphatic rings. The molecule has 1 unspecified atom stereocenters. The molecule has 0 aromatic carbocycles. The average Bonchev–Trinajstić information content (AvgIpc) is 2.88. The number of hydrogen-bond donors (Lipinski definition) is 1. The van der Waals surface area contributed by atoms with Crippen LogP contribution in [0.15, 0.2) is 0 Å². The summed E-state index contributed by atoms with van der Waals surface area (Å²) < 4.78 is 0. The third-order valence-corrected chi connectivity index (χ3v) is 4.22. The molecular formula is C13H22N2O2. The summed E-state index contributed by atoms with van der Waals surface area (Å²) in [5, 5.41) is 3.11. The van der Waals surface area contributed by atoms with Crippen molar-refractivity contribution in [3.63, 3.8) is 0 Å². The lowest BCUT2D eigenvalue weighted by atomic mass is 9.97. The molecule has 2 fully saturated rings. The summed E-state index contributed by atoms with van der Waals surface area (Å²) in [7, 11) is 0. The number of likely N-dealkylation sites (tertiary alicyclic amines) is 1. The van der Waals surface area contributed by atoms with Crippen molar-refractivity contribution in [2.75, 3.05) is 6.54 Å². The average molecular weight is 238 g/mol. The standard InChI is InChI=1S/C13H22N2O2/c1-3-15-11(16)8-9-13(15,2)12(17)14-10-6-4-5-7-10/h10H,3-9H2,1-2H3,(H,14,17). The molecule has 1 atom stereocenters. The van der Waals surface area contributed by atoms with Crippen molar-refractivity contribution in [1.29, 1.82) is 0 Å². The van der Waals surface area contributed by atoms with Crippen molar-refractivity contribution in [2.45, 2.75) is 64.0 Å². The minimum absolute atomic E-state index is 0.0390. The van der Waals surface area contributed by atoms with Gasteiger partial charge in [0.25, 0.3) is 0 Å². The SMILES string of the molecule is CCN1C(=O)CCC1(C)C(=O)NC1CCCC1. The first-order valence-electron chi connectivity index (χ1n) is 6.69. The Morgan fingerprint density at radius 3 is 2.71 bits per heavy atom. The van der Waals surface area contributed by atoms with Gasteiger partial charge >= 0.3 is 0 Å². The highest BCUT2D eigenvalue weighted by Crippen LogP contribution is 2.30. The minimum atomic E-state index is -0.617. The van der Waals surface area contributed by atoms with Crippen LogP contribution in [0.2, 0.25) is 0 Å². The van der Waals surface area contributed by atoms with Gasteiger partial charge in [0.15, 0.2) is 0 Å². The van der Waals surface area contributed by atoms with Crippen LogP contribution in [0.4, 0.5) is 0 Å². The molecule has 0 radical (unpaired) electrons. The predicted molar refractivity (Wildman–Crippen MR) is 65.4 cm³/mol. The molecular weight excluding hydrogens is 216 g/mol. The van der Waals surface area contributed by atoms with E-state index in [1.54, 1.807) is 4.90 Å². The fourth-order valence-corrected chi connectivity index (χ4v) is 3.07. The summed E-state index contributed by atoms with van der Waals surface area (Å²) in [6, 6.07) is 0.328. The third-order valence-electron chi connectivity index (χ3n) is 4.22. The monoisotopic (exact) mass is 238 g/mol. The zero-order chi connectivity index (χ0) is 12.5. The molecule has 2 rings (SSSR count). The second kappa shape index (κ2) is 4.67. The summed E-state index contributed by atoms with van der Waals surface area (Å²) in [4.78, 5) is 25.8. The molecule has 1 N–H and O–H groups in total. The van der Waals surface area contributed by atoms with Gasteiger partial charge in [-0.3, -0.25) is 9.59 Å². The van der Waals surface area contributed by atoms with Crippen molar-refractivity contribution in [2.24, 2.45) is 0 Å². The van der Waals surface area contributed by atoms with E-state index in [4.69, 9.17) is 0 Å². The van der Waals surface area contributed by atoms with E-state index in [0.29, 0.717) is 25.4 Å². The van der Waals surface area contributed by atoms with Gasteiger partial charge in [0.1, 0.15) is 5.54 Å². The van der Waals surface area contributed by atoms with E-state index in [1.807, 2.05) is 13.8 Å². The number of nitrogens with zero attached hydrogens (tertiary/aromatic N) is 1. The molecule has 0 aromatic heterocycles. The molecule has 4 heteroatoms. The first-order valence-corrected chi connectivity index (χ1v) is 6.69. The zero-order valence-corrected chi connectivity index (χ0v) is 10.8. The lowest BCUT2D eigenvalue weighted by Crippen LogP contribution is -2.56. The molecule has 0 aromatic rings. The molecule has 2 amide bonds. The molecule has 0 spiro atoms. The maximum atomic E-state index is 12.3. The van der Waals surface area contributed by atoms with Gasteiger partial charge in [-0.1, -0.05) is 12.8 Å². The zero-order valence-electron chi connectivity index (χ0n) is 10.8. The second-order valence-electron chi connectivity index (χ2n) is 5.37. The minimum Gasteiger partial charge on any atom is -0.351 e. The molecule has 0 bridgehead atoms. The van der Waals surface area contributed by atoms with Gasteiger partial charge in [-0.2, -0.15) is 0 Å². The maximum Gasteiger partial charge on any atom is 0.245 e. The largest absolute Gasteiger partial charge is 0.351 e. The van der Waals surface area contributed by atoms with E-state index >= 15 is 0 Å². The van der Waals surface area contributed by atoms with Gasteiger partial charge in [-0.05, 0) is 33.1 Å². The Hall–Kier alpha value is -1.06. The molecule has 17 heavy (non-hydrogen) atoms. The van der Waals surface area contributed by atoms with E-state index in [0.717, 1.165) is 12.8 Å². The molecule has 1 aliphatic heterocycles. The summed E-state index contributed by atoms with van der Waals surface area (Å²) in [5.74, 6) is 0.147. The first kappa shape index (κ1) is 12.4. The summed E-state index contributed by atoms with van der Waals surface area (Å²) >= 11 is 0. The Morgan fingerprint density at radius 1 is 1.47 bits per heavy atom. The number of likely N-dealkylation sites (N-methyl/N-ethyl adjacent to an activating group) is 1. The highest BCUT2D eigenvalue weighted by molar-refractivity contribution is 5.94. The Kier molecular flexibility index (Phi) is 3.40. The van der Waals surface area contributed by atoms with Crippen molar-refractivity contribution in [3.8, 4) is 0 Å². The Balaban J connectivity index is 2.03. The molecule has 96 valence electrons. The van der Waals surface area contributed by atoms with Crippen LogP contribution in [0, 0.1) is 0 Å². The fraction of sp³-hybridized carbons (Fsp3) is 0.846. The summed E-state index contributed by atoms with van der Waals surface area (Å²) in [6.45, 7) is 4.45. The lowest BCUT2D eigenvalue weighted by Gasteiger charge is -2.34. The molecule has 1 heterocycles. The van der Waals surface area contributed by atoms with Crippen LogP contribution in [-0.4, -0.2) is 34.8 Å². The van der Waals surface area contributed by atoms with Crippen molar-refractivity contribution < 1.29 is 9.59 Å². The number of amides is 2. The Morgan fingerprint density at radius 2 is 2.12 bits per heavy atom. The van der Waals surface area contributed by atoms with Gasteiger partial charge in [0.05, 0.1) is 0 Å². The van der Waals surface area contributed by atoms with E-state index in [1.165, 1.54) is 12.8 Å². The van der Waals surface area contributed by atoms with Crippen LogP contribution >= 0.6 is 0 Å². The van der Waals surface area contributed by atoms with Gasteiger partial charge in [-0.25, -0.2) is 0 Å². The van der Waals surface area contributed by atoms with E-state index < -0.39 is 5.54 Å². The van der Waals surface area contributed by atoms with Gasteiger partial charge in [0.2, 0.25) is 11.8 Å². The number of carbonyl (C=O) groups excluding carboxylic acids is 2. The van der Waals surface area contributed by atoms with Gasteiger partial charge in [0, 0.05) is 19.0 Å². The van der Waals surface area contributed by atoms with Crippen molar-refractivity contribution >= 4 is 11.8 Å². The number of carbonyl (C=O) groups is 2. The number of nitrogens with one attached hydrogen (secondary N) is 1. The molecule has 4 nitrogen and oxygen atoms in total. The maximum absolute atomic E-state index is 12.3. The third kappa shape index (κ3) is 2.17. The van der Waals surface area contributed by atoms with Crippen LogP contribution in [0.1, 0.15) is 52.4 Å². The van der Waals surface area contributed by atoms with Crippen molar-refractivity contribution in [3.05, 3.63) is 0 Å². The number of hydrogen-bond acceptors (Lipinski definition) is 2. The van der Waals surface area contributed by atoms with E-state index in [2.05, 4.69) is 5.32 Å². The van der Waals surface area contributed by atoms with Crippen LogP contribution in [-0.2, 0) is 9.59 Å². The highest BCUT2D eigenvalue weighted by atomic mass is 16.2. The smallest absolute Gasteiger partial charge is 0.245 e. The van der Waals surface area contributed by atoms with E-state index in [-0.39, 0.29) is 11.8 Å². The van der Waals surface area contributed by atoms with Gasteiger partial charge in [-0.15, -0.1) is 0 Å². The quantitative estimate of drug-likeness (QED) is 0.809. The predicted octanol–water partition coefficient (Wildman–Crippen LogP) is 1.45. The van der Waals surface area contributed by atoms with Crippen LogP contribution in [0.3, 0.4) is 0 Å². The fourth-order valence-electron chi connectivity index (χ4n) is 3.07. The highest BCUT2D eigenvalue weighted by Gasteiger charge is 2.46. The lowest BCUT2D eigenvalue weighted by molar-refractivity contribution is -0.140. The van der Waals surface area contributed by atoms with Gasteiger partial charge < -0.3 is 10.2 Å². The second-order valence-corrected chi connectivity index (χ2v) is 5.37. The summed E-state index contributed by atoms with van der Waals surface area (Å²) in [5.41, 5.74) is -0.617. The molecule has 1 saturated carbocycles. The topological polar surface area (TPSA) is 49.4 Å². The van der Waals surface area contributed by atoms with Crippen LogP contribution in [0.5, 0.6) is 0 Å². The Labute approximate surface area is 103 Å².